The van der Waals surface area contributed by atoms with Gasteiger partial charge >= 0.3 is 6.18 Å². The Kier molecular flexibility index (Phi) is 6.95. The summed E-state index contributed by atoms with van der Waals surface area (Å²) in [5.74, 6) is -1.19. The smallest absolute Gasteiger partial charge is 0.351 e. The molecule has 3 aromatic rings. The molecule has 0 aromatic heterocycles. The normalized spacial score (nSPS) is 15.0. The van der Waals surface area contributed by atoms with E-state index in [2.05, 4.69) is 10.0 Å². The zero-order valence-electron chi connectivity index (χ0n) is 18.3. The van der Waals surface area contributed by atoms with Gasteiger partial charge in [0.25, 0.3) is 0 Å². The van der Waals surface area contributed by atoms with Crippen LogP contribution in [0.5, 0.6) is 0 Å². The lowest BCUT2D eigenvalue weighted by molar-refractivity contribution is -0.137. The van der Waals surface area contributed by atoms with Crippen molar-refractivity contribution in [1.82, 2.24) is 10.0 Å². The Bertz CT molecular complexity index is 1300. The van der Waals surface area contributed by atoms with Crippen molar-refractivity contribution < 1.29 is 30.8 Å². The van der Waals surface area contributed by atoms with E-state index in [0.717, 1.165) is 36.4 Å². The van der Waals surface area contributed by atoms with E-state index in [9.17, 15) is 30.8 Å². The minimum atomic E-state index is -4.42. The lowest BCUT2D eigenvalue weighted by atomic mass is 10.0. The van der Waals surface area contributed by atoms with Gasteiger partial charge in [-0.05, 0) is 77.9 Å². The second kappa shape index (κ2) is 9.79. The van der Waals surface area contributed by atoms with Gasteiger partial charge in [0, 0.05) is 6.54 Å². The van der Waals surface area contributed by atoms with Crippen molar-refractivity contribution in [3.8, 4) is 11.1 Å². The van der Waals surface area contributed by atoms with Gasteiger partial charge < -0.3 is 5.32 Å². The fourth-order valence-electron chi connectivity index (χ4n) is 3.65. The molecule has 0 bridgehead atoms. The van der Waals surface area contributed by atoms with Crippen LogP contribution in [-0.4, -0.2) is 20.4 Å². The Balaban J connectivity index is 1.43. The van der Waals surface area contributed by atoms with Crippen LogP contribution in [0, 0.1) is 11.7 Å². The number of benzene rings is 3. The van der Waals surface area contributed by atoms with Gasteiger partial charge in [-0.25, -0.2) is 12.8 Å². The van der Waals surface area contributed by atoms with Crippen molar-refractivity contribution in [3.05, 3.63) is 89.7 Å². The Morgan fingerprint density at radius 2 is 1.60 bits per heavy atom. The zero-order chi connectivity index (χ0) is 25.2. The highest BCUT2D eigenvalue weighted by Crippen LogP contribution is 2.34. The van der Waals surface area contributed by atoms with Gasteiger partial charge in [-0.2, -0.15) is 17.9 Å². The molecule has 1 aliphatic carbocycles. The van der Waals surface area contributed by atoms with Gasteiger partial charge in [0.2, 0.25) is 15.9 Å². The minimum Gasteiger partial charge on any atom is -0.351 e. The largest absolute Gasteiger partial charge is 0.416 e. The third kappa shape index (κ3) is 6.26. The van der Waals surface area contributed by atoms with E-state index in [0.29, 0.717) is 29.5 Å². The third-order valence-corrected chi connectivity index (χ3v) is 7.18. The summed E-state index contributed by atoms with van der Waals surface area (Å²) >= 11 is 0. The van der Waals surface area contributed by atoms with E-state index in [1.807, 2.05) is 0 Å². The van der Waals surface area contributed by atoms with Gasteiger partial charge in [0.1, 0.15) is 11.9 Å². The quantitative estimate of drug-likeness (QED) is 0.428. The molecule has 0 aliphatic heterocycles. The van der Waals surface area contributed by atoms with Gasteiger partial charge in [0.05, 0.1) is 10.5 Å². The highest BCUT2D eigenvalue weighted by Gasteiger charge is 2.39. The first-order chi connectivity index (χ1) is 16.5. The fourth-order valence-corrected chi connectivity index (χ4v) is 4.92. The molecule has 5 nitrogen and oxygen atoms in total. The van der Waals surface area contributed by atoms with Crippen LogP contribution in [0.1, 0.15) is 24.0 Å². The van der Waals surface area contributed by atoms with Crippen LogP contribution < -0.4 is 10.0 Å². The lowest BCUT2D eigenvalue weighted by Gasteiger charge is -2.18. The van der Waals surface area contributed by atoms with Crippen molar-refractivity contribution in [3.63, 3.8) is 0 Å². The van der Waals surface area contributed by atoms with Gasteiger partial charge in [-0.3, -0.25) is 4.79 Å². The molecule has 1 unspecified atom stereocenters. The Labute approximate surface area is 200 Å². The first-order valence-corrected chi connectivity index (χ1v) is 12.3. The molecule has 184 valence electrons. The van der Waals surface area contributed by atoms with Gasteiger partial charge in [-0.15, -0.1) is 0 Å². The maximum absolute atomic E-state index is 13.1. The second-order valence-electron chi connectivity index (χ2n) is 8.38. The molecular formula is C25H22F4N2O3S. The molecular weight excluding hydrogens is 484 g/mol. The monoisotopic (exact) mass is 506 g/mol. The summed E-state index contributed by atoms with van der Waals surface area (Å²) in [7, 11) is -4.02. The predicted octanol–water partition coefficient (Wildman–Crippen LogP) is 4.88. The summed E-state index contributed by atoms with van der Waals surface area (Å²) in [6, 6.07) is 15.1. The number of hydrogen-bond donors (Lipinski definition) is 2. The molecule has 0 radical (unpaired) electrons. The summed E-state index contributed by atoms with van der Waals surface area (Å²) in [6.07, 6.45) is -3.01. The number of sulfonamides is 1. The van der Waals surface area contributed by atoms with Crippen LogP contribution >= 0.6 is 0 Å². The average Bonchev–Trinajstić information content (AvgIpc) is 3.66. The van der Waals surface area contributed by atoms with E-state index in [4.69, 9.17) is 0 Å². The van der Waals surface area contributed by atoms with Crippen molar-refractivity contribution in [2.75, 3.05) is 0 Å². The molecule has 1 fully saturated rings. The van der Waals surface area contributed by atoms with Gasteiger partial charge in [-0.1, -0.05) is 30.3 Å². The maximum Gasteiger partial charge on any atom is 0.416 e. The number of amides is 1. The Hall–Kier alpha value is -3.24. The highest BCUT2D eigenvalue weighted by molar-refractivity contribution is 7.89. The molecule has 4 rings (SSSR count). The number of nitrogens with one attached hydrogen (secondary N) is 2. The van der Waals surface area contributed by atoms with E-state index in [-0.39, 0.29) is 17.4 Å². The van der Waals surface area contributed by atoms with E-state index < -0.39 is 39.5 Å². The van der Waals surface area contributed by atoms with Crippen LogP contribution in [0.4, 0.5) is 17.6 Å². The summed E-state index contributed by atoms with van der Waals surface area (Å²) in [5, 5.41) is 2.74. The van der Waals surface area contributed by atoms with Crippen molar-refractivity contribution >= 4 is 15.9 Å². The molecule has 0 spiro atoms. The Morgan fingerprint density at radius 3 is 2.20 bits per heavy atom. The molecule has 1 aliphatic rings. The topological polar surface area (TPSA) is 75.3 Å². The maximum atomic E-state index is 13.1. The summed E-state index contributed by atoms with van der Waals surface area (Å²) in [4.78, 5) is 12.7. The van der Waals surface area contributed by atoms with Crippen LogP contribution in [0.3, 0.4) is 0 Å². The number of rotatable bonds is 8. The summed E-state index contributed by atoms with van der Waals surface area (Å²) in [6.45, 7) is 0.106. The number of hydrogen-bond acceptors (Lipinski definition) is 3. The van der Waals surface area contributed by atoms with Crippen LogP contribution in [0.25, 0.3) is 11.1 Å². The number of carbonyl (C=O) groups excluding carboxylic acids is 1. The Morgan fingerprint density at radius 1 is 0.943 bits per heavy atom. The molecule has 1 atom stereocenters. The van der Waals surface area contributed by atoms with Crippen LogP contribution in [0.2, 0.25) is 0 Å². The lowest BCUT2D eigenvalue weighted by Crippen LogP contribution is -2.47. The molecule has 1 saturated carbocycles. The first kappa shape index (κ1) is 24.9. The number of halogens is 4. The van der Waals surface area contributed by atoms with Crippen molar-refractivity contribution in [2.24, 2.45) is 5.92 Å². The predicted molar refractivity (Wildman–Crippen MR) is 122 cm³/mol. The summed E-state index contributed by atoms with van der Waals surface area (Å²) in [5.41, 5.74) is 1.24. The van der Waals surface area contributed by atoms with Crippen LogP contribution in [0.15, 0.2) is 77.7 Å². The zero-order valence-corrected chi connectivity index (χ0v) is 19.2. The molecule has 2 N–H and O–H groups in total. The van der Waals surface area contributed by atoms with E-state index in [1.165, 1.54) is 12.1 Å². The molecule has 0 saturated heterocycles. The standard InChI is InChI=1S/C25H22F4N2O3S/c26-21-10-12-22(13-11-21)35(33,34)31-23(18-4-5-18)24(32)30-15-16-2-1-3-19(14-16)17-6-8-20(9-7-17)25(27,28)29/h1-3,6-14,18,23,31H,4-5,15H2,(H,30,32). The highest BCUT2D eigenvalue weighted by atomic mass is 32.2. The van der Waals surface area contributed by atoms with Crippen LogP contribution in [-0.2, 0) is 27.5 Å². The number of alkyl halides is 3. The summed E-state index contributed by atoms with van der Waals surface area (Å²) < 4.78 is 79.3. The SMILES string of the molecule is O=C(NCc1cccc(-c2ccc(C(F)(F)F)cc2)c1)C(NS(=O)(=O)c1ccc(F)cc1)C1CC1. The minimum absolute atomic E-state index is 0.106. The third-order valence-electron chi connectivity index (χ3n) is 5.72. The number of carbonyl (C=O) groups is 1. The van der Waals surface area contributed by atoms with Crippen molar-refractivity contribution in [2.45, 2.75) is 36.5 Å². The first-order valence-electron chi connectivity index (χ1n) is 10.9. The molecule has 1 amide bonds. The van der Waals surface area contributed by atoms with Gasteiger partial charge in [0.15, 0.2) is 0 Å². The molecule has 0 heterocycles. The van der Waals surface area contributed by atoms with E-state index in [1.54, 1.807) is 24.3 Å². The fraction of sp³-hybridized carbons (Fsp3) is 0.240. The van der Waals surface area contributed by atoms with Crippen molar-refractivity contribution in [1.29, 1.82) is 0 Å². The van der Waals surface area contributed by atoms with E-state index >= 15 is 0 Å². The average molecular weight is 507 g/mol. The molecule has 3 aromatic carbocycles. The second-order valence-corrected chi connectivity index (χ2v) is 10.1. The molecule has 10 heteroatoms. The molecule has 35 heavy (non-hydrogen) atoms.